The molecular weight excluding hydrogens is 392 g/mol. The van der Waals surface area contributed by atoms with E-state index in [0.717, 1.165) is 48.6 Å². The molecule has 30 heavy (non-hydrogen) atoms. The number of amides is 1. The van der Waals surface area contributed by atoms with E-state index in [1.807, 2.05) is 29.6 Å². The summed E-state index contributed by atoms with van der Waals surface area (Å²) in [6.45, 7) is 3.71. The number of nitrogens with zero attached hydrogens (tertiary/aromatic N) is 3. The van der Waals surface area contributed by atoms with Crippen molar-refractivity contribution < 1.29 is 4.79 Å². The molecule has 0 radical (unpaired) electrons. The topological polar surface area (TPSA) is 58.1 Å². The van der Waals surface area contributed by atoms with Gasteiger partial charge in [-0.3, -0.25) is 4.79 Å². The third-order valence-electron chi connectivity index (χ3n) is 5.64. The quantitative estimate of drug-likeness (QED) is 0.609. The van der Waals surface area contributed by atoms with Crippen LogP contribution in [-0.2, 0) is 11.2 Å². The van der Waals surface area contributed by atoms with Gasteiger partial charge in [0.2, 0.25) is 5.91 Å². The zero-order chi connectivity index (χ0) is 20.8. The predicted octanol–water partition coefficient (Wildman–Crippen LogP) is 4.56. The summed E-state index contributed by atoms with van der Waals surface area (Å²) >= 11 is 1.66. The third-order valence-corrected chi connectivity index (χ3v) is 6.53. The average Bonchev–Trinajstić information content (AvgIpc) is 3.34. The standard InChI is InChI=1S/C24H28N4OS/c1-18(11-12-19-7-3-2-4-8-19)25-24(29)20-9-5-15-28(17-20)23-14-13-21(26-27-23)22-10-6-16-30-22/h2-4,6-8,10,13-14,16,18,20H,5,9,11-12,15,17H2,1H3,(H,25,29). The number of hydrogen-bond donors (Lipinski definition) is 1. The number of carbonyl (C=O) groups is 1. The van der Waals surface area contributed by atoms with Crippen LogP contribution in [0.5, 0.6) is 0 Å². The maximum absolute atomic E-state index is 12.8. The minimum Gasteiger partial charge on any atom is -0.354 e. The van der Waals surface area contributed by atoms with Crippen LogP contribution in [0.2, 0.25) is 0 Å². The molecule has 4 rings (SSSR count). The molecule has 3 aromatic rings. The average molecular weight is 421 g/mol. The molecule has 1 aliphatic rings. The van der Waals surface area contributed by atoms with Crippen molar-refractivity contribution >= 4 is 23.1 Å². The van der Waals surface area contributed by atoms with Crippen LogP contribution in [0, 0.1) is 5.92 Å². The summed E-state index contributed by atoms with van der Waals surface area (Å²) in [5.41, 5.74) is 2.21. The van der Waals surface area contributed by atoms with Crippen molar-refractivity contribution in [3.63, 3.8) is 0 Å². The van der Waals surface area contributed by atoms with Gasteiger partial charge in [0.1, 0.15) is 5.69 Å². The molecule has 1 saturated heterocycles. The van der Waals surface area contributed by atoms with Crippen LogP contribution < -0.4 is 10.2 Å². The number of aromatic nitrogens is 2. The fraction of sp³-hybridized carbons (Fsp3) is 0.375. The van der Waals surface area contributed by atoms with Crippen molar-refractivity contribution in [2.75, 3.05) is 18.0 Å². The van der Waals surface area contributed by atoms with E-state index in [-0.39, 0.29) is 17.9 Å². The molecule has 1 fully saturated rings. The molecule has 3 heterocycles. The Balaban J connectivity index is 1.30. The van der Waals surface area contributed by atoms with E-state index in [0.29, 0.717) is 6.54 Å². The van der Waals surface area contributed by atoms with Gasteiger partial charge in [0, 0.05) is 19.1 Å². The van der Waals surface area contributed by atoms with E-state index >= 15 is 0 Å². The summed E-state index contributed by atoms with van der Waals surface area (Å²) in [6, 6.07) is 18.7. The van der Waals surface area contributed by atoms with Crippen molar-refractivity contribution in [3.05, 3.63) is 65.5 Å². The summed E-state index contributed by atoms with van der Waals surface area (Å²) in [6.07, 6.45) is 3.84. The summed E-state index contributed by atoms with van der Waals surface area (Å²) in [7, 11) is 0. The molecule has 1 amide bonds. The zero-order valence-corrected chi connectivity index (χ0v) is 18.1. The van der Waals surface area contributed by atoms with Crippen LogP contribution in [0.1, 0.15) is 31.7 Å². The monoisotopic (exact) mass is 420 g/mol. The minimum atomic E-state index is -0.00306. The molecule has 0 aliphatic carbocycles. The SMILES string of the molecule is CC(CCc1ccccc1)NC(=O)C1CCCN(c2ccc(-c3cccs3)nn2)C1. The molecule has 1 N–H and O–H groups in total. The number of rotatable bonds is 7. The van der Waals surface area contributed by atoms with Crippen molar-refractivity contribution in [2.45, 2.75) is 38.6 Å². The lowest BCUT2D eigenvalue weighted by Gasteiger charge is -2.33. The summed E-state index contributed by atoms with van der Waals surface area (Å²) in [4.78, 5) is 16.1. The minimum absolute atomic E-state index is 0.00306. The molecule has 0 bridgehead atoms. The van der Waals surface area contributed by atoms with Gasteiger partial charge in [0.15, 0.2) is 5.82 Å². The van der Waals surface area contributed by atoms with Crippen LogP contribution in [0.15, 0.2) is 60.0 Å². The molecule has 2 aromatic heterocycles. The molecule has 5 nitrogen and oxygen atoms in total. The smallest absolute Gasteiger partial charge is 0.225 e. The van der Waals surface area contributed by atoms with E-state index in [1.165, 1.54) is 5.56 Å². The second-order valence-electron chi connectivity index (χ2n) is 7.97. The van der Waals surface area contributed by atoms with Gasteiger partial charge < -0.3 is 10.2 Å². The van der Waals surface area contributed by atoms with E-state index in [4.69, 9.17) is 0 Å². The van der Waals surface area contributed by atoms with E-state index in [2.05, 4.69) is 57.7 Å². The maximum Gasteiger partial charge on any atom is 0.225 e. The Morgan fingerprint density at radius 2 is 2.03 bits per heavy atom. The molecule has 1 aromatic carbocycles. The highest BCUT2D eigenvalue weighted by molar-refractivity contribution is 7.13. The Kier molecular flexibility index (Phi) is 6.74. The van der Waals surface area contributed by atoms with Crippen LogP contribution in [0.25, 0.3) is 10.6 Å². The van der Waals surface area contributed by atoms with Crippen molar-refractivity contribution in [1.82, 2.24) is 15.5 Å². The maximum atomic E-state index is 12.8. The fourth-order valence-corrected chi connectivity index (χ4v) is 4.60. The first-order valence-electron chi connectivity index (χ1n) is 10.7. The first kappa shape index (κ1) is 20.5. The molecule has 0 saturated carbocycles. The highest BCUT2D eigenvalue weighted by Crippen LogP contribution is 2.25. The van der Waals surface area contributed by atoms with Gasteiger partial charge in [0.25, 0.3) is 0 Å². The highest BCUT2D eigenvalue weighted by Gasteiger charge is 2.27. The molecule has 156 valence electrons. The predicted molar refractivity (Wildman–Crippen MR) is 123 cm³/mol. The van der Waals surface area contributed by atoms with E-state index in [1.54, 1.807) is 11.3 Å². The Morgan fingerprint density at radius 1 is 1.17 bits per heavy atom. The van der Waals surface area contributed by atoms with Crippen LogP contribution in [0.4, 0.5) is 5.82 Å². The van der Waals surface area contributed by atoms with Gasteiger partial charge in [0.05, 0.1) is 10.8 Å². The van der Waals surface area contributed by atoms with Crippen molar-refractivity contribution in [1.29, 1.82) is 0 Å². The second kappa shape index (κ2) is 9.85. The second-order valence-corrected chi connectivity index (χ2v) is 8.92. The summed E-state index contributed by atoms with van der Waals surface area (Å²) < 4.78 is 0. The summed E-state index contributed by atoms with van der Waals surface area (Å²) in [5.74, 6) is 1.00. The zero-order valence-electron chi connectivity index (χ0n) is 17.3. The lowest BCUT2D eigenvalue weighted by molar-refractivity contribution is -0.125. The number of hydrogen-bond acceptors (Lipinski definition) is 5. The lowest BCUT2D eigenvalue weighted by Crippen LogP contribution is -2.45. The van der Waals surface area contributed by atoms with Crippen molar-refractivity contribution in [3.8, 4) is 10.6 Å². The molecule has 2 atom stereocenters. The Bertz CT molecular complexity index is 928. The van der Waals surface area contributed by atoms with Crippen LogP contribution in [0.3, 0.4) is 0 Å². The number of nitrogens with one attached hydrogen (secondary N) is 1. The van der Waals surface area contributed by atoms with Crippen molar-refractivity contribution in [2.24, 2.45) is 5.92 Å². The lowest BCUT2D eigenvalue weighted by atomic mass is 9.96. The molecule has 2 unspecified atom stereocenters. The number of thiophene rings is 1. The van der Waals surface area contributed by atoms with Gasteiger partial charge in [-0.1, -0.05) is 36.4 Å². The Labute approximate surface area is 182 Å². The van der Waals surface area contributed by atoms with E-state index in [9.17, 15) is 4.79 Å². The first-order valence-corrected chi connectivity index (χ1v) is 11.5. The van der Waals surface area contributed by atoms with Gasteiger partial charge in [-0.25, -0.2) is 0 Å². The third kappa shape index (κ3) is 5.25. The number of aryl methyl sites for hydroxylation is 1. The number of anilines is 1. The van der Waals surface area contributed by atoms with E-state index < -0.39 is 0 Å². The van der Waals surface area contributed by atoms with Gasteiger partial charge in [-0.2, -0.15) is 0 Å². The Hall–Kier alpha value is -2.73. The highest BCUT2D eigenvalue weighted by atomic mass is 32.1. The molecule has 1 aliphatic heterocycles. The molecular formula is C24H28N4OS. The Morgan fingerprint density at radius 3 is 2.77 bits per heavy atom. The first-order chi connectivity index (χ1) is 14.7. The van der Waals surface area contributed by atoms with Crippen LogP contribution in [-0.4, -0.2) is 35.2 Å². The number of piperidine rings is 1. The normalized spacial score (nSPS) is 17.5. The molecule has 0 spiro atoms. The van der Waals surface area contributed by atoms with Gasteiger partial charge in [-0.15, -0.1) is 21.5 Å². The fourth-order valence-electron chi connectivity index (χ4n) is 3.91. The molecule has 6 heteroatoms. The van der Waals surface area contributed by atoms with Gasteiger partial charge >= 0.3 is 0 Å². The largest absolute Gasteiger partial charge is 0.354 e. The van der Waals surface area contributed by atoms with Gasteiger partial charge in [-0.05, 0) is 61.7 Å². The summed E-state index contributed by atoms with van der Waals surface area (Å²) in [5, 5.41) is 14.1. The van der Waals surface area contributed by atoms with Crippen LogP contribution >= 0.6 is 11.3 Å². The number of carbonyl (C=O) groups excluding carboxylic acids is 1. The number of benzene rings is 1.